The zero-order valence-electron chi connectivity index (χ0n) is 24.1. The third kappa shape index (κ3) is 9.71. The molecule has 0 radical (unpaired) electrons. The number of hydrogen-bond acceptors (Lipinski definition) is 10. The Morgan fingerprint density at radius 3 is 1.43 bits per heavy atom. The van der Waals surface area contributed by atoms with Crippen LogP contribution in [0.1, 0.15) is 36.4 Å². The zero-order chi connectivity index (χ0) is 34.0. The molecule has 0 aliphatic heterocycles. The molecule has 236 valence electrons. The lowest BCUT2D eigenvalue weighted by Crippen LogP contribution is -2.22. The summed E-state index contributed by atoms with van der Waals surface area (Å²) in [6.45, 7) is 2.96. The summed E-state index contributed by atoms with van der Waals surface area (Å²) in [6.07, 6.45) is -0.613. The quantitative estimate of drug-likeness (QED) is 0.161. The lowest BCUT2D eigenvalue weighted by molar-refractivity contribution is -0.140. The molecule has 0 bridgehead atoms. The summed E-state index contributed by atoms with van der Waals surface area (Å²) in [5, 5.41) is 41.0. The third-order valence-electron chi connectivity index (χ3n) is 5.97. The van der Waals surface area contributed by atoms with Crippen molar-refractivity contribution in [3.8, 4) is 34.7 Å². The van der Waals surface area contributed by atoms with Crippen molar-refractivity contribution in [1.29, 1.82) is 10.5 Å². The Labute approximate surface area is 268 Å². The first kappa shape index (κ1) is 34.9. The van der Waals surface area contributed by atoms with E-state index >= 15 is 0 Å². The van der Waals surface area contributed by atoms with Gasteiger partial charge in [0.1, 0.15) is 44.9 Å². The van der Waals surface area contributed by atoms with Gasteiger partial charge >= 0.3 is 11.9 Å². The van der Waals surface area contributed by atoms with E-state index in [-0.39, 0.29) is 44.2 Å². The fourth-order valence-electron chi connectivity index (χ4n) is 3.73. The molecular formula is C30H24F2N6O6S2. The molecule has 2 aromatic carbocycles. The maximum Gasteiger partial charge on any atom is 0.304 e. The zero-order valence-corrected chi connectivity index (χ0v) is 25.7. The molecule has 0 fully saturated rings. The predicted molar refractivity (Wildman–Crippen MR) is 165 cm³/mol. The van der Waals surface area contributed by atoms with E-state index in [0.29, 0.717) is 11.1 Å². The van der Waals surface area contributed by atoms with Crippen molar-refractivity contribution >= 4 is 56.7 Å². The van der Waals surface area contributed by atoms with Gasteiger partial charge in [0.05, 0.1) is 12.8 Å². The number of carbonyl (C=O) groups excluding carboxylic acids is 2. The number of halogens is 2. The molecule has 2 heterocycles. The summed E-state index contributed by atoms with van der Waals surface area (Å²) >= 11 is 1.90. The van der Waals surface area contributed by atoms with Crippen LogP contribution in [0.15, 0.2) is 48.5 Å². The monoisotopic (exact) mass is 666 g/mol. The Morgan fingerprint density at radius 2 is 1.13 bits per heavy atom. The van der Waals surface area contributed by atoms with Crippen molar-refractivity contribution in [3.63, 3.8) is 0 Å². The van der Waals surface area contributed by atoms with E-state index in [9.17, 15) is 28.0 Å². The number of nitrogens with zero attached hydrogens (tertiary/aromatic N) is 4. The second-order valence-corrected chi connectivity index (χ2v) is 11.6. The molecule has 0 aliphatic carbocycles. The van der Waals surface area contributed by atoms with Crippen molar-refractivity contribution in [1.82, 2.24) is 9.97 Å². The number of hydrogen-bond donors (Lipinski definition) is 4. The first-order valence-electron chi connectivity index (χ1n) is 13.2. The fourth-order valence-corrected chi connectivity index (χ4v) is 5.30. The van der Waals surface area contributed by atoms with Gasteiger partial charge in [-0.3, -0.25) is 19.2 Å². The van der Waals surface area contributed by atoms with E-state index < -0.39 is 47.2 Å². The van der Waals surface area contributed by atoms with Crippen molar-refractivity contribution in [2.75, 3.05) is 10.6 Å². The smallest absolute Gasteiger partial charge is 0.304 e. The average molecular weight is 667 g/mol. The van der Waals surface area contributed by atoms with E-state index in [0.717, 1.165) is 22.7 Å². The lowest BCUT2D eigenvalue weighted by Gasteiger charge is -2.07. The number of carbonyl (C=O) groups is 4. The molecule has 16 heteroatoms. The van der Waals surface area contributed by atoms with Gasteiger partial charge in [0.2, 0.25) is 11.8 Å². The van der Waals surface area contributed by atoms with Crippen LogP contribution in [-0.2, 0) is 19.2 Å². The summed E-state index contributed by atoms with van der Waals surface area (Å²) < 4.78 is 26.6. The van der Waals surface area contributed by atoms with Crippen molar-refractivity contribution in [3.05, 3.63) is 69.9 Å². The number of aliphatic carboxylic acids is 2. The lowest BCUT2D eigenvalue weighted by atomic mass is 10.1. The number of nitrogens with one attached hydrogen (secondary N) is 2. The van der Waals surface area contributed by atoms with Gasteiger partial charge in [-0.15, -0.1) is 0 Å². The molecule has 0 spiro atoms. The molecular weight excluding hydrogens is 642 g/mol. The molecule has 46 heavy (non-hydrogen) atoms. The fraction of sp³-hybridized carbons (Fsp3) is 0.200. The van der Waals surface area contributed by atoms with Crippen molar-refractivity contribution < 1.29 is 38.2 Å². The average Bonchev–Trinajstić information content (AvgIpc) is 3.60. The minimum absolute atomic E-state index is 0.169. The summed E-state index contributed by atoms with van der Waals surface area (Å²) in [7, 11) is 0. The number of carboxylic acid groups (broad SMARTS) is 2. The normalized spacial score (nSPS) is 11.5. The molecule has 0 aliphatic rings. The molecule has 2 atom stereocenters. The number of benzene rings is 2. The summed E-state index contributed by atoms with van der Waals surface area (Å²) in [4.78, 5) is 53.8. The highest BCUT2D eigenvalue weighted by Crippen LogP contribution is 2.32. The highest BCUT2D eigenvalue weighted by Gasteiger charge is 2.21. The number of carboxylic acids is 2. The predicted octanol–water partition coefficient (Wildman–Crippen LogP) is 5.74. The maximum absolute atomic E-state index is 13.3. The van der Waals surface area contributed by atoms with Crippen LogP contribution in [0.2, 0.25) is 0 Å². The summed E-state index contributed by atoms with van der Waals surface area (Å²) in [5.41, 5.74) is 1.41. The highest BCUT2D eigenvalue weighted by atomic mass is 32.1. The number of anilines is 2. The maximum atomic E-state index is 13.3. The molecule has 1 unspecified atom stereocenters. The van der Waals surface area contributed by atoms with Crippen molar-refractivity contribution in [2.45, 2.75) is 26.7 Å². The van der Waals surface area contributed by atoms with E-state index in [1.165, 1.54) is 50.2 Å². The topological polar surface area (TPSA) is 206 Å². The van der Waals surface area contributed by atoms with E-state index in [1.54, 1.807) is 12.1 Å². The van der Waals surface area contributed by atoms with E-state index in [1.807, 2.05) is 12.1 Å². The van der Waals surface area contributed by atoms with Gasteiger partial charge in [0.15, 0.2) is 10.3 Å². The van der Waals surface area contributed by atoms with Gasteiger partial charge in [0.25, 0.3) is 0 Å². The number of rotatable bonds is 10. The number of aromatic nitrogens is 2. The Kier molecular flexibility index (Phi) is 12.1. The van der Waals surface area contributed by atoms with Gasteiger partial charge in [-0.05, 0) is 24.3 Å². The Balaban J connectivity index is 0.000000250. The first-order chi connectivity index (χ1) is 21.8. The van der Waals surface area contributed by atoms with Crippen LogP contribution < -0.4 is 10.6 Å². The van der Waals surface area contributed by atoms with Gasteiger partial charge < -0.3 is 20.8 Å². The molecule has 0 saturated carbocycles. The molecule has 2 amide bonds. The second kappa shape index (κ2) is 15.9. The molecule has 4 N–H and O–H groups in total. The number of thiazole rings is 2. The second-order valence-electron chi connectivity index (χ2n) is 9.61. The first-order valence-corrected chi connectivity index (χ1v) is 14.8. The van der Waals surface area contributed by atoms with Crippen LogP contribution in [0, 0.1) is 46.1 Å². The van der Waals surface area contributed by atoms with Crippen LogP contribution in [0.25, 0.3) is 22.5 Å². The van der Waals surface area contributed by atoms with Gasteiger partial charge in [-0.1, -0.05) is 60.8 Å². The Bertz CT molecular complexity index is 1730. The van der Waals surface area contributed by atoms with Crippen LogP contribution >= 0.6 is 22.7 Å². The SMILES string of the molecule is CC(CC(=O)O)C(=O)Nc1nc(-c2cccc(F)c2)c(C#N)s1.C[C@H](CC(=O)O)C(=O)Nc1nc(-c2cccc(F)c2)c(C#N)s1. The van der Waals surface area contributed by atoms with Gasteiger partial charge in [0, 0.05) is 23.0 Å². The van der Waals surface area contributed by atoms with Crippen LogP contribution in [0.5, 0.6) is 0 Å². The Hall–Kier alpha value is -5.58. The Morgan fingerprint density at radius 1 is 0.761 bits per heavy atom. The molecule has 2 aromatic heterocycles. The largest absolute Gasteiger partial charge is 0.481 e. The summed E-state index contributed by atoms with van der Waals surface area (Å²) in [5.74, 6) is -5.55. The van der Waals surface area contributed by atoms with Crippen LogP contribution in [0.3, 0.4) is 0 Å². The third-order valence-corrected chi connectivity index (χ3v) is 7.72. The van der Waals surface area contributed by atoms with Gasteiger partial charge in [-0.2, -0.15) is 10.5 Å². The minimum Gasteiger partial charge on any atom is -0.481 e. The summed E-state index contributed by atoms with van der Waals surface area (Å²) in [6, 6.07) is 15.2. The highest BCUT2D eigenvalue weighted by molar-refractivity contribution is 7.17. The molecule has 4 rings (SSSR count). The van der Waals surface area contributed by atoms with Crippen LogP contribution in [0.4, 0.5) is 19.0 Å². The van der Waals surface area contributed by atoms with Crippen molar-refractivity contribution in [2.24, 2.45) is 11.8 Å². The standard InChI is InChI=1S/2C15H12FN3O3S/c2*1-8(5-12(20)21)14(22)19-15-18-13(11(7-17)23-15)9-3-2-4-10(16)6-9/h2*2-4,6,8H,5H2,1H3,(H,20,21)(H,18,19,22)/t8-;/m1./s1. The van der Waals surface area contributed by atoms with E-state index in [2.05, 4.69) is 20.6 Å². The minimum atomic E-state index is -1.08. The van der Waals surface area contributed by atoms with Gasteiger partial charge in [-0.25, -0.2) is 18.7 Å². The van der Waals surface area contributed by atoms with Crippen LogP contribution in [-0.4, -0.2) is 43.9 Å². The molecule has 4 aromatic rings. The van der Waals surface area contributed by atoms with E-state index in [4.69, 9.17) is 20.7 Å². The molecule has 12 nitrogen and oxygen atoms in total. The molecule has 0 saturated heterocycles. The number of nitriles is 2. The number of amides is 2.